The number of non-ortho nitro benzene ring substituents is 1. The van der Waals surface area contributed by atoms with Crippen LogP contribution in [0.1, 0.15) is 40.0 Å². The minimum Gasteiger partial charge on any atom is -0.354 e. The Balaban J connectivity index is 1.77. The Labute approximate surface area is 159 Å². The van der Waals surface area contributed by atoms with Gasteiger partial charge >= 0.3 is 0 Å². The highest BCUT2D eigenvalue weighted by molar-refractivity contribution is 6.21. The summed E-state index contributed by atoms with van der Waals surface area (Å²) in [4.78, 5) is 58.5. The highest BCUT2D eigenvalue weighted by Crippen LogP contribution is 2.26. The maximum atomic E-state index is 12.3. The highest BCUT2D eigenvalue weighted by Gasteiger charge is 2.36. The number of imide groups is 1. The lowest BCUT2D eigenvalue weighted by Gasteiger charge is -2.13. The van der Waals surface area contributed by atoms with Gasteiger partial charge in [0.2, 0.25) is 11.8 Å². The second-order valence-corrected chi connectivity index (χ2v) is 5.89. The first-order valence-electron chi connectivity index (χ1n) is 8.40. The summed E-state index contributed by atoms with van der Waals surface area (Å²) in [5.74, 6) is -1.91. The van der Waals surface area contributed by atoms with Crippen LogP contribution in [-0.4, -0.2) is 53.1 Å². The molecule has 0 aliphatic carbocycles. The van der Waals surface area contributed by atoms with E-state index in [1.807, 2.05) is 0 Å². The Hall–Kier alpha value is -3.81. The molecule has 1 aromatic carbocycles. The molecule has 1 aromatic rings. The summed E-state index contributed by atoms with van der Waals surface area (Å²) < 4.78 is 0. The number of amides is 4. The molecule has 0 spiro atoms. The average Bonchev–Trinajstić information content (AvgIpc) is 2.90. The van der Waals surface area contributed by atoms with Gasteiger partial charge in [-0.05, 0) is 12.5 Å². The van der Waals surface area contributed by atoms with Crippen molar-refractivity contribution in [1.82, 2.24) is 15.5 Å². The molecule has 4 amide bonds. The quantitative estimate of drug-likeness (QED) is 0.263. The third kappa shape index (κ3) is 4.88. The summed E-state index contributed by atoms with van der Waals surface area (Å²) in [5, 5.41) is 24.2. The Morgan fingerprint density at radius 3 is 2.39 bits per heavy atom. The summed E-state index contributed by atoms with van der Waals surface area (Å²) in [6.07, 6.45) is 0.0251. The number of carbonyl (C=O) groups excluding carboxylic acids is 4. The van der Waals surface area contributed by atoms with Gasteiger partial charge < -0.3 is 10.6 Å². The van der Waals surface area contributed by atoms with Gasteiger partial charge in [0.15, 0.2) is 0 Å². The monoisotopic (exact) mass is 387 g/mol. The summed E-state index contributed by atoms with van der Waals surface area (Å²) in [5.41, 5.74) is -0.187. The minimum atomic E-state index is -0.645. The number of nitriles is 1. The molecule has 0 atom stereocenters. The summed E-state index contributed by atoms with van der Waals surface area (Å²) in [7, 11) is 0. The number of carbonyl (C=O) groups is 4. The molecular weight excluding hydrogens is 370 g/mol. The fourth-order valence-corrected chi connectivity index (χ4v) is 2.62. The van der Waals surface area contributed by atoms with Gasteiger partial charge in [-0.15, -0.1) is 0 Å². The van der Waals surface area contributed by atoms with Gasteiger partial charge in [-0.2, -0.15) is 5.26 Å². The molecule has 11 heteroatoms. The first-order chi connectivity index (χ1) is 13.3. The van der Waals surface area contributed by atoms with E-state index in [0.29, 0.717) is 0 Å². The molecule has 146 valence electrons. The van der Waals surface area contributed by atoms with Crippen LogP contribution in [0.5, 0.6) is 0 Å². The van der Waals surface area contributed by atoms with E-state index in [-0.39, 0.29) is 61.6 Å². The number of nitrogens with one attached hydrogen (secondary N) is 2. The molecule has 1 heterocycles. The number of nitro groups is 1. The van der Waals surface area contributed by atoms with Gasteiger partial charge in [0, 0.05) is 38.2 Å². The van der Waals surface area contributed by atoms with E-state index in [4.69, 9.17) is 5.26 Å². The number of benzene rings is 1. The fraction of sp³-hybridized carbons (Fsp3) is 0.353. The zero-order valence-electron chi connectivity index (χ0n) is 14.8. The first kappa shape index (κ1) is 20.5. The molecule has 0 saturated carbocycles. The lowest BCUT2D eigenvalue weighted by Crippen LogP contribution is -2.35. The molecule has 2 N–H and O–H groups in total. The van der Waals surface area contributed by atoms with Crippen LogP contribution >= 0.6 is 0 Å². The smallest absolute Gasteiger partial charge is 0.270 e. The molecular formula is C17H17N5O6. The Morgan fingerprint density at radius 2 is 1.75 bits per heavy atom. The molecule has 0 bridgehead atoms. The summed E-state index contributed by atoms with van der Waals surface area (Å²) in [6.45, 7) is 0.378. The van der Waals surface area contributed by atoms with E-state index >= 15 is 0 Å². The number of rotatable bonds is 9. The molecule has 1 aliphatic rings. The van der Waals surface area contributed by atoms with Gasteiger partial charge in [-0.1, -0.05) is 0 Å². The predicted octanol–water partition coefficient (Wildman–Crippen LogP) is 0.117. The van der Waals surface area contributed by atoms with Crippen molar-refractivity contribution in [2.75, 3.05) is 19.6 Å². The lowest BCUT2D eigenvalue weighted by atomic mass is 10.1. The second-order valence-electron chi connectivity index (χ2n) is 5.89. The number of hydrogen-bond acceptors (Lipinski definition) is 7. The van der Waals surface area contributed by atoms with Crippen LogP contribution in [0, 0.1) is 21.4 Å². The molecule has 28 heavy (non-hydrogen) atoms. The van der Waals surface area contributed by atoms with Crippen molar-refractivity contribution in [3.63, 3.8) is 0 Å². The van der Waals surface area contributed by atoms with Gasteiger partial charge in [0.1, 0.15) is 6.42 Å². The van der Waals surface area contributed by atoms with E-state index in [0.717, 1.165) is 17.0 Å². The zero-order chi connectivity index (χ0) is 20.7. The molecule has 0 saturated heterocycles. The van der Waals surface area contributed by atoms with Gasteiger partial charge in [-0.3, -0.25) is 34.2 Å². The van der Waals surface area contributed by atoms with E-state index in [1.54, 1.807) is 6.07 Å². The standard InChI is InChI=1S/C17H17N5O6/c18-6-5-15(24)20-8-7-19-14(23)2-1-9-21-16(25)12-4-3-11(22(27)28)10-13(12)17(21)26/h3-4,10H,1-2,5,7-9H2,(H,19,23)(H,20,24). The summed E-state index contributed by atoms with van der Waals surface area (Å²) in [6, 6.07) is 5.19. The van der Waals surface area contributed by atoms with E-state index < -0.39 is 22.6 Å². The van der Waals surface area contributed by atoms with Crippen LogP contribution in [0.2, 0.25) is 0 Å². The zero-order valence-corrected chi connectivity index (χ0v) is 14.8. The van der Waals surface area contributed by atoms with E-state index in [9.17, 15) is 29.3 Å². The third-order valence-corrected chi connectivity index (χ3v) is 3.96. The van der Waals surface area contributed by atoms with Gasteiger partial charge in [0.25, 0.3) is 17.5 Å². The summed E-state index contributed by atoms with van der Waals surface area (Å²) >= 11 is 0. The van der Waals surface area contributed by atoms with Crippen molar-refractivity contribution in [3.8, 4) is 6.07 Å². The van der Waals surface area contributed by atoms with Crippen molar-refractivity contribution in [2.24, 2.45) is 0 Å². The van der Waals surface area contributed by atoms with Crippen LogP contribution in [0.4, 0.5) is 5.69 Å². The number of nitro benzene ring substituents is 1. The molecule has 11 nitrogen and oxygen atoms in total. The molecule has 0 unspecified atom stereocenters. The van der Waals surface area contributed by atoms with Crippen molar-refractivity contribution in [3.05, 3.63) is 39.4 Å². The maximum Gasteiger partial charge on any atom is 0.270 e. The first-order valence-corrected chi connectivity index (χ1v) is 8.40. The molecule has 1 aliphatic heterocycles. The Kier molecular flexibility index (Phi) is 6.75. The van der Waals surface area contributed by atoms with E-state index in [1.165, 1.54) is 6.07 Å². The maximum absolute atomic E-state index is 12.3. The van der Waals surface area contributed by atoms with Crippen molar-refractivity contribution in [2.45, 2.75) is 19.3 Å². The van der Waals surface area contributed by atoms with Crippen LogP contribution in [0.3, 0.4) is 0 Å². The van der Waals surface area contributed by atoms with Crippen molar-refractivity contribution in [1.29, 1.82) is 5.26 Å². The average molecular weight is 387 g/mol. The highest BCUT2D eigenvalue weighted by atomic mass is 16.6. The number of fused-ring (bicyclic) bond motifs is 1. The van der Waals surface area contributed by atoms with Crippen LogP contribution in [-0.2, 0) is 9.59 Å². The largest absolute Gasteiger partial charge is 0.354 e. The minimum absolute atomic E-state index is 0.00642. The second kappa shape index (κ2) is 9.22. The Bertz CT molecular complexity index is 875. The van der Waals surface area contributed by atoms with Gasteiger partial charge in [-0.25, -0.2) is 0 Å². The topological polar surface area (TPSA) is 163 Å². The van der Waals surface area contributed by atoms with E-state index in [2.05, 4.69) is 10.6 Å². The van der Waals surface area contributed by atoms with Crippen LogP contribution in [0.25, 0.3) is 0 Å². The third-order valence-electron chi connectivity index (χ3n) is 3.96. The molecule has 0 fully saturated rings. The normalized spacial score (nSPS) is 12.3. The van der Waals surface area contributed by atoms with Gasteiger partial charge in [0.05, 0.1) is 22.1 Å². The fourth-order valence-electron chi connectivity index (χ4n) is 2.62. The molecule has 0 aromatic heterocycles. The van der Waals surface area contributed by atoms with Crippen molar-refractivity contribution < 1.29 is 24.1 Å². The SMILES string of the molecule is N#CCC(=O)NCCNC(=O)CCCN1C(=O)c2ccc([N+](=O)[O-])cc2C1=O. The predicted molar refractivity (Wildman–Crippen MR) is 93.9 cm³/mol. The number of hydrogen-bond donors (Lipinski definition) is 2. The van der Waals surface area contributed by atoms with Crippen LogP contribution in [0.15, 0.2) is 18.2 Å². The lowest BCUT2D eigenvalue weighted by molar-refractivity contribution is -0.384. The Morgan fingerprint density at radius 1 is 1.11 bits per heavy atom. The molecule has 2 rings (SSSR count). The number of nitrogens with zero attached hydrogens (tertiary/aromatic N) is 3. The van der Waals surface area contributed by atoms with Crippen LogP contribution < -0.4 is 10.6 Å². The van der Waals surface area contributed by atoms with Crippen molar-refractivity contribution >= 4 is 29.3 Å². The molecule has 0 radical (unpaired) electrons.